The minimum absolute atomic E-state index is 0.0350. The number of carbonyl (C=O) groups excluding carboxylic acids is 1. The first-order valence-corrected chi connectivity index (χ1v) is 10.3. The SMILES string of the molecule is C[C@@H](c1ccc(-c2ccccn2)cc1)N1CCC(CCO)(c2ccccc2)OC1=O. The third kappa shape index (κ3) is 3.94. The van der Waals surface area contributed by atoms with Crippen molar-refractivity contribution in [1.29, 1.82) is 0 Å². The van der Waals surface area contributed by atoms with Gasteiger partial charge in [0.2, 0.25) is 0 Å². The number of aromatic nitrogens is 1. The highest BCUT2D eigenvalue weighted by atomic mass is 16.6. The molecule has 30 heavy (non-hydrogen) atoms. The highest BCUT2D eigenvalue weighted by Gasteiger charge is 2.43. The first kappa shape index (κ1) is 20.1. The van der Waals surface area contributed by atoms with E-state index >= 15 is 0 Å². The average molecular weight is 402 g/mol. The van der Waals surface area contributed by atoms with E-state index in [4.69, 9.17) is 4.74 Å². The Morgan fingerprint density at radius 3 is 2.43 bits per heavy atom. The van der Waals surface area contributed by atoms with Crippen molar-refractivity contribution >= 4 is 6.09 Å². The second-order valence-electron chi connectivity index (χ2n) is 7.66. The molecule has 1 aromatic heterocycles. The van der Waals surface area contributed by atoms with Gasteiger partial charge in [-0.2, -0.15) is 0 Å². The highest BCUT2D eigenvalue weighted by Crippen LogP contribution is 2.39. The molecule has 1 unspecified atom stereocenters. The van der Waals surface area contributed by atoms with Crippen LogP contribution in [0.25, 0.3) is 11.3 Å². The van der Waals surface area contributed by atoms with Gasteiger partial charge in [-0.05, 0) is 30.2 Å². The number of hydrogen-bond acceptors (Lipinski definition) is 4. The summed E-state index contributed by atoms with van der Waals surface area (Å²) in [5, 5.41) is 9.59. The van der Waals surface area contributed by atoms with Crippen LogP contribution in [-0.4, -0.2) is 34.2 Å². The van der Waals surface area contributed by atoms with Crippen LogP contribution >= 0.6 is 0 Å². The number of carbonyl (C=O) groups is 1. The summed E-state index contributed by atoms with van der Waals surface area (Å²) in [6, 6.07) is 23.6. The van der Waals surface area contributed by atoms with E-state index in [0.29, 0.717) is 19.4 Å². The molecule has 1 aliphatic heterocycles. The lowest BCUT2D eigenvalue weighted by Gasteiger charge is -2.43. The van der Waals surface area contributed by atoms with Gasteiger partial charge in [0.05, 0.1) is 11.7 Å². The van der Waals surface area contributed by atoms with Gasteiger partial charge in [0.1, 0.15) is 5.60 Å². The Labute approximate surface area is 177 Å². The van der Waals surface area contributed by atoms with Crippen molar-refractivity contribution in [3.8, 4) is 11.3 Å². The number of rotatable bonds is 6. The predicted molar refractivity (Wildman–Crippen MR) is 116 cm³/mol. The Morgan fingerprint density at radius 1 is 1.07 bits per heavy atom. The Morgan fingerprint density at radius 2 is 1.80 bits per heavy atom. The van der Waals surface area contributed by atoms with Gasteiger partial charge < -0.3 is 14.7 Å². The molecule has 154 valence electrons. The van der Waals surface area contributed by atoms with Gasteiger partial charge >= 0.3 is 6.09 Å². The van der Waals surface area contributed by atoms with Crippen LogP contribution in [0, 0.1) is 0 Å². The average Bonchev–Trinajstić information content (AvgIpc) is 2.80. The molecular weight excluding hydrogens is 376 g/mol. The molecule has 2 aromatic carbocycles. The number of ether oxygens (including phenoxy) is 1. The highest BCUT2D eigenvalue weighted by molar-refractivity contribution is 5.70. The van der Waals surface area contributed by atoms with Crippen LogP contribution in [0.4, 0.5) is 4.79 Å². The molecule has 1 fully saturated rings. The largest absolute Gasteiger partial charge is 0.438 e. The fourth-order valence-electron chi connectivity index (χ4n) is 4.11. The lowest BCUT2D eigenvalue weighted by atomic mass is 9.85. The lowest BCUT2D eigenvalue weighted by molar-refractivity contribution is -0.0718. The zero-order valence-corrected chi connectivity index (χ0v) is 17.1. The van der Waals surface area contributed by atoms with Crippen LogP contribution in [-0.2, 0) is 10.3 Å². The molecule has 5 nitrogen and oxygen atoms in total. The smallest absolute Gasteiger partial charge is 0.411 e. The summed E-state index contributed by atoms with van der Waals surface area (Å²) in [7, 11) is 0. The number of hydrogen-bond donors (Lipinski definition) is 1. The number of nitrogens with zero attached hydrogens (tertiary/aromatic N) is 2. The molecule has 2 heterocycles. The Hall–Kier alpha value is -3.18. The van der Waals surface area contributed by atoms with E-state index in [1.807, 2.05) is 79.7 Å². The van der Waals surface area contributed by atoms with Crippen molar-refractivity contribution in [2.75, 3.05) is 13.2 Å². The molecule has 1 N–H and O–H groups in total. The quantitative estimate of drug-likeness (QED) is 0.635. The van der Waals surface area contributed by atoms with Crippen LogP contribution in [0.2, 0.25) is 0 Å². The summed E-state index contributed by atoms with van der Waals surface area (Å²) in [6.45, 7) is 2.54. The molecular formula is C25H26N2O3. The van der Waals surface area contributed by atoms with E-state index < -0.39 is 5.60 Å². The maximum Gasteiger partial charge on any atom is 0.411 e. The fraction of sp³-hybridized carbons (Fsp3) is 0.280. The van der Waals surface area contributed by atoms with Crippen LogP contribution in [0.15, 0.2) is 79.0 Å². The molecule has 0 aliphatic carbocycles. The number of cyclic esters (lactones) is 1. The molecule has 4 rings (SSSR count). The van der Waals surface area contributed by atoms with Gasteiger partial charge in [-0.1, -0.05) is 60.7 Å². The van der Waals surface area contributed by atoms with Crippen LogP contribution in [0.3, 0.4) is 0 Å². The molecule has 0 saturated carbocycles. The van der Waals surface area contributed by atoms with Crippen molar-refractivity contribution in [3.05, 3.63) is 90.1 Å². The second-order valence-corrected chi connectivity index (χ2v) is 7.66. The van der Waals surface area contributed by atoms with Crippen molar-refractivity contribution in [2.45, 2.75) is 31.4 Å². The molecule has 3 aromatic rings. The van der Waals surface area contributed by atoms with E-state index in [0.717, 1.165) is 22.4 Å². The maximum atomic E-state index is 13.0. The minimum Gasteiger partial charge on any atom is -0.438 e. The van der Waals surface area contributed by atoms with Crippen molar-refractivity contribution in [2.24, 2.45) is 0 Å². The van der Waals surface area contributed by atoms with Gasteiger partial charge in [0, 0.05) is 37.8 Å². The number of pyridine rings is 1. The molecule has 1 amide bonds. The van der Waals surface area contributed by atoms with Crippen LogP contribution in [0.1, 0.15) is 36.9 Å². The molecule has 2 atom stereocenters. The Bertz CT molecular complexity index is 976. The van der Waals surface area contributed by atoms with Gasteiger partial charge in [0.25, 0.3) is 0 Å². The monoisotopic (exact) mass is 402 g/mol. The molecule has 0 bridgehead atoms. The molecule has 0 spiro atoms. The summed E-state index contributed by atoms with van der Waals surface area (Å²) in [5.74, 6) is 0. The zero-order chi connectivity index (χ0) is 21.0. The van der Waals surface area contributed by atoms with Gasteiger partial charge in [-0.3, -0.25) is 4.98 Å². The van der Waals surface area contributed by atoms with Crippen molar-refractivity contribution < 1.29 is 14.6 Å². The number of aliphatic hydroxyl groups is 1. The normalized spacial score (nSPS) is 19.9. The Balaban J connectivity index is 1.51. The van der Waals surface area contributed by atoms with Crippen LogP contribution in [0.5, 0.6) is 0 Å². The minimum atomic E-state index is -0.772. The summed E-state index contributed by atoms with van der Waals surface area (Å²) in [6.07, 6.45) is 2.46. The van der Waals surface area contributed by atoms with Crippen molar-refractivity contribution in [1.82, 2.24) is 9.88 Å². The number of aliphatic hydroxyl groups excluding tert-OH is 1. The van der Waals surface area contributed by atoms with E-state index in [9.17, 15) is 9.90 Å². The zero-order valence-electron chi connectivity index (χ0n) is 17.1. The maximum absolute atomic E-state index is 13.0. The first-order valence-electron chi connectivity index (χ1n) is 10.3. The fourth-order valence-corrected chi connectivity index (χ4v) is 4.11. The van der Waals surface area contributed by atoms with Crippen molar-refractivity contribution in [3.63, 3.8) is 0 Å². The van der Waals surface area contributed by atoms with E-state index in [1.54, 1.807) is 11.1 Å². The standard InChI is InChI=1S/C25H26N2O3/c1-19(20-10-12-21(13-11-20)23-9-5-6-16-26-23)27-17-14-25(15-18-28,30-24(27)29)22-7-3-2-4-8-22/h2-13,16,19,28H,14-15,17-18H2,1H3/t19-,25?/m0/s1. The molecule has 1 saturated heterocycles. The third-order valence-corrected chi connectivity index (χ3v) is 5.91. The summed E-state index contributed by atoms with van der Waals surface area (Å²) < 4.78 is 5.97. The molecule has 5 heteroatoms. The van der Waals surface area contributed by atoms with Crippen LogP contribution < -0.4 is 0 Å². The third-order valence-electron chi connectivity index (χ3n) is 5.91. The summed E-state index contributed by atoms with van der Waals surface area (Å²) in [4.78, 5) is 19.1. The van der Waals surface area contributed by atoms with E-state index in [1.165, 1.54) is 0 Å². The lowest BCUT2D eigenvalue weighted by Crippen LogP contribution is -2.49. The molecule has 0 radical (unpaired) electrons. The first-order chi connectivity index (χ1) is 14.6. The number of benzene rings is 2. The van der Waals surface area contributed by atoms with Gasteiger partial charge in [-0.25, -0.2) is 4.79 Å². The summed E-state index contributed by atoms with van der Waals surface area (Å²) >= 11 is 0. The second kappa shape index (κ2) is 8.67. The van der Waals surface area contributed by atoms with Gasteiger partial charge in [0.15, 0.2) is 0 Å². The van der Waals surface area contributed by atoms with E-state index in [2.05, 4.69) is 4.98 Å². The summed E-state index contributed by atoms with van der Waals surface area (Å²) in [5.41, 5.74) is 3.16. The Kier molecular flexibility index (Phi) is 5.81. The molecule has 1 aliphatic rings. The topological polar surface area (TPSA) is 62.7 Å². The predicted octanol–water partition coefficient (Wildman–Crippen LogP) is 4.93. The van der Waals surface area contributed by atoms with Gasteiger partial charge in [-0.15, -0.1) is 0 Å². The van der Waals surface area contributed by atoms with E-state index in [-0.39, 0.29) is 18.7 Å². The number of amides is 1.